The van der Waals surface area contributed by atoms with Crippen LogP contribution in [0.2, 0.25) is 0 Å². The SMILES string of the molecule is Cc1cccc(-c2cccc3c2oc2c(-c4ccccc4)cccc23)c1.Cc1cccc(-c2cccc3c2sc2c(-c4ccccc4)cccc23)c1.Cc1ccccc1-c1cccc2c1oc1c(-c3ccccc3)cccc12.Cc1ccccc1-c1cccc2c1sc1c(-c3ccccc3)cccc12. The van der Waals surface area contributed by atoms with Gasteiger partial charge in [-0.2, -0.15) is 0 Å². The van der Waals surface area contributed by atoms with Crippen molar-refractivity contribution in [3.8, 4) is 89.0 Å². The van der Waals surface area contributed by atoms with Gasteiger partial charge in [0.25, 0.3) is 0 Å². The summed E-state index contributed by atoms with van der Waals surface area (Å²) in [6, 6.07) is 129. The lowest BCUT2D eigenvalue weighted by Gasteiger charge is -2.06. The summed E-state index contributed by atoms with van der Waals surface area (Å²) in [7, 11) is 0. The highest BCUT2D eigenvalue weighted by molar-refractivity contribution is 7.27. The van der Waals surface area contributed by atoms with E-state index in [0.717, 1.165) is 60.7 Å². The first-order valence-corrected chi connectivity index (χ1v) is 37.2. The molecule has 0 aliphatic heterocycles. The summed E-state index contributed by atoms with van der Waals surface area (Å²) in [4.78, 5) is 0. The number of aryl methyl sites for hydroxylation is 4. The van der Waals surface area contributed by atoms with Crippen LogP contribution in [0.1, 0.15) is 22.3 Å². The number of fused-ring (bicyclic) bond motifs is 12. The Kier molecular flexibility index (Phi) is 17.8. The smallest absolute Gasteiger partial charge is 0.143 e. The van der Waals surface area contributed by atoms with Gasteiger partial charge in [-0.3, -0.25) is 0 Å². The molecule has 20 rings (SSSR count). The first kappa shape index (κ1) is 64.9. The fourth-order valence-corrected chi connectivity index (χ4v) is 17.7. The average molecular weight is 1370 g/mol. The van der Waals surface area contributed by atoms with Crippen molar-refractivity contribution < 1.29 is 8.83 Å². The lowest BCUT2D eigenvalue weighted by Crippen LogP contribution is -1.82. The summed E-state index contributed by atoms with van der Waals surface area (Å²) in [6.45, 7) is 8.61. The predicted octanol–water partition coefficient (Wildman–Crippen LogP) is 29.9. The van der Waals surface area contributed by atoms with Crippen molar-refractivity contribution >= 4 is 107 Å². The minimum absolute atomic E-state index is 0.953. The number of benzene rings is 16. The van der Waals surface area contributed by atoms with Crippen molar-refractivity contribution in [3.63, 3.8) is 0 Å². The van der Waals surface area contributed by atoms with Gasteiger partial charge in [0.2, 0.25) is 0 Å². The Morgan fingerprint density at radius 3 is 0.769 bits per heavy atom. The molecule has 0 saturated carbocycles. The molecule has 0 spiro atoms. The third kappa shape index (κ3) is 12.4. The van der Waals surface area contributed by atoms with Crippen molar-refractivity contribution in [2.45, 2.75) is 27.7 Å². The van der Waals surface area contributed by atoms with E-state index in [-0.39, 0.29) is 0 Å². The maximum atomic E-state index is 6.48. The van der Waals surface area contributed by atoms with Gasteiger partial charge in [0.1, 0.15) is 22.3 Å². The normalized spacial score (nSPS) is 11.3. The van der Waals surface area contributed by atoms with Gasteiger partial charge in [0.15, 0.2) is 0 Å². The lowest BCUT2D eigenvalue weighted by atomic mass is 9.98. The first-order valence-electron chi connectivity index (χ1n) is 35.5. The molecule has 0 fully saturated rings. The monoisotopic (exact) mass is 1370 g/mol. The zero-order valence-corrected chi connectivity index (χ0v) is 59.9. The zero-order chi connectivity index (χ0) is 70.0. The molecule has 0 atom stereocenters. The zero-order valence-electron chi connectivity index (χ0n) is 58.3. The van der Waals surface area contributed by atoms with E-state index in [1.165, 1.54) is 135 Å². The molecule has 0 radical (unpaired) electrons. The molecule has 4 aromatic heterocycles. The Morgan fingerprint density at radius 2 is 0.404 bits per heavy atom. The van der Waals surface area contributed by atoms with E-state index in [2.05, 4.69) is 380 Å². The maximum Gasteiger partial charge on any atom is 0.143 e. The first-order chi connectivity index (χ1) is 51.3. The van der Waals surface area contributed by atoms with E-state index in [0.29, 0.717) is 0 Å². The van der Waals surface area contributed by atoms with Crippen molar-refractivity contribution in [2.75, 3.05) is 0 Å². The topological polar surface area (TPSA) is 26.3 Å². The van der Waals surface area contributed by atoms with Crippen molar-refractivity contribution in [1.82, 2.24) is 0 Å². The second-order valence-electron chi connectivity index (χ2n) is 26.7. The minimum atomic E-state index is 0.953. The highest BCUT2D eigenvalue weighted by Gasteiger charge is 2.20. The molecule has 2 nitrogen and oxygen atoms in total. The van der Waals surface area contributed by atoms with E-state index >= 15 is 0 Å². The van der Waals surface area contributed by atoms with E-state index in [1.54, 1.807) is 0 Å². The summed E-state index contributed by atoms with van der Waals surface area (Å²) >= 11 is 3.82. The summed E-state index contributed by atoms with van der Waals surface area (Å²) in [5.41, 5.74) is 28.7. The van der Waals surface area contributed by atoms with Gasteiger partial charge in [-0.15, -0.1) is 22.7 Å². The second-order valence-corrected chi connectivity index (χ2v) is 28.7. The van der Waals surface area contributed by atoms with Crippen molar-refractivity contribution in [1.29, 1.82) is 0 Å². The van der Waals surface area contributed by atoms with Crippen LogP contribution in [0.25, 0.3) is 173 Å². The number of para-hydroxylation sites is 4. The van der Waals surface area contributed by atoms with Crippen LogP contribution in [-0.2, 0) is 0 Å². The highest BCUT2D eigenvalue weighted by Crippen LogP contribution is 2.48. The quantitative estimate of drug-likeness (QED) is 0.152. The second kappa shape index (κ2) is 28.5. The van der Waals surface area contributed by atoms with Crippen LogP contribution in [0.4, 0.5) is 0 Å². The van der Waals surface area contributed by atoms with E-state index in [4.69, 9.17) is 8.83 Å². The van der Waals surface area contributed by atoms with Crippen LogP contribution in [0, 0.1) is 27.7 Å². The Labute approximate surface area is 614 Å². The van der Waals surface area contributed by atoms with E-state index < -0.39 is 0 Å². The lowest BCUT2D eigenvalue weighted by molar-refractivity contribution is 0.670. The average Bonchev–Trinajstić information content (AvgIpc) is 1.62. The fraction of sp³-hybridized carbons (Fsp3) is 0.0400. The van der Waals surface area contributed by atoms with Crippen LogP contribution < -0.4 is 0 Å². The van der Waals surface area contributed by atoms with Crippen molar-refractivity contribution in [3.05, 3.63) is 386 Å². The number of hydrogen-bond donors (Lipinski definition) is 0. The van der Waals surface area contributed by atoms with Crippen LogP contribution in [-0.4, -0.2) is 0 Å². The summed E-state index contributed by atoms with van der Waals surface area (Å²) in [5.74, 6) is 0. The van der Waals surface area contributed by atoms with Crippen molar-refractivity contribution in [2.24, 2.45) is 0 Å². The molecule has 496 valence electrons. The van der Waals surface area contributed by atoms with Gasteiger partial charge in [0.05, 0.1) is 0 Å². The Hall–Kier alpha value is -12.4. The third-order valence-corrected chi connectivity index (χ3v) is 22.5. The third-order valence-electron chi connectivity index (χ3n) is 20.0. The van der Waals surface area contributed by atoms with Crippen LogP contribution in [0.3, 0.4) is 0 Å². The Morgan fingerprint density at radius 1 is 0.173 bits per heavy atom. The molecular weight excluding hydrogens is 1300 g/mol. The minimum Gasteiger partial charge on any atom is -0.455 e. The molecule has 104 heavy (non-hydrogen) atoms. The predicted molar refractivity (Wildman–Crippen MR) is 449 cm³/mol. The standard InChI is InChI=1S/2C25H18O.2C25H18S/c1-17-8-5-11-19(16-17)21-13-7-15-23-22-14-6-12-20(24(22)26-25(21)23)18-9-3-2-4-10-18;1-17-9-5-6-12-19(17)21-14-8-16-23-22-15-7-13-20(24(22)26-25(21)23)18-10-3-2-4-11-18;1-17-8-5-11-19(16-17)21-13-7-15-23-22-14-6-12-20(24(22)26-25(21)23)18-9-3-2-4-10-18;1-17-9-5-6-12-19(17)21-14-8-16-23-22-15-7-13-20(24(22)26-25(21)23)18-10-3-2-4-11-18/h4*2-16H,1H3. The summed E-state index contributed by atoms with van der Waals surface area (Å²) in [5, 5.41) is 10.1. The number of rotatable bonds is 8. The molecule has 0 bridgehead atoms. The number of furan rings is 2. The van der Waals surface area contributed by atoms with Gasteiger partial charge >= 0.3 is 0 Å². The van der Waals surface area contributed by atoms with Gasteiger partial charge in [-0.25, -0.2) is 0 Å². The molecule has 4 heterocycles. The van der Waals surface area contributed by atoms with Gasteiger partial charge in [0, 0.05) is 84.1 Å². The molecule has 0 amide bonds. The largest absolute Gasteiger partial charge is 0.455 e. The van der Waals surface area contributed by atoms with E-state index in [9.17, 15) is 0 Å². The van der Waals surface area contributed by atoms with Crippen LogP contribution in [0.15, 0.2) is 373 Å². The summed E-state index contributed by atoms with van der Waals surface area (Å²) in [6.07, 6.45) is 0. The van der Waals surface area contributed by atoms with Gasteiger partial charge in [-0.1, -0.05) is 375 Å². The fourth-order valence-electron chi connectivity index (χ4n) is 14.9. The maximum absolute atomic E-state index is 6.48. The molecule has 0 aliphatic rings. The van der Waals surface area contributed by atoms with Crippen LogP contribution >= 0.6 is 22.7 Å². The molecule has 0 aliphatic carbocycles. The number of thiophene rings is 2. The molecule has 0 N–H and O–H groups in total. The van der Waals surface area contributed by atoms with Gasteiger partial charge < -0.3 is 8.83 Å². The van der Waals surface area contributed by atoms with E-state index in [1.807, 2.05) is 34.8 Å². The Balaban J connectivity index is 0.000000103. The highest BCUT2D eigenvalue weighted by atomic mass is 32.1. The molecule has 0 saturated heterocycles. The molecule has 16 aromatic carbocycles. The Bertz CT molecular complexity index is 6110. The molecule has 0 unspecified atom stereocenters. The molecule has 4 heteroatoms. The summed E-state index contributed by atoms with van der Waals surface area (Å²) < 4.78 is 18.4. The molecule has 20 aromatic rings. The number of hydrogen-bond acceptors (Lipinski definition) is 4. The van der Waals surface area contributed by atoms with Gasteiger partial charge in [-0.05, 0) is 106 Å². The molecular formula is C100H72O2S2. The van der Waals surface area contributed by atoms with Crippen LogP contribution in [0.5, 0.6) is 0 Å².